The van der Waals surface area contributed by atoms with Crippen LogP contribution in [0.2, 0.25) is 0 Å². The Hall–Kier alpha value is -0.270. The lowest BCUT2D eigenvalue weighted by Gasteiger charge is -2.43. The van der Waals surface area contributed by atoms with E-state index in [1.54, 1.807) is 0 Å². The molecule has 5 nitrogen and oxygen atoms in total. The van der Waals surface area contributed by atoms with Crippen molar-refractivity contribution < 1.29 is 9.13 Å². The van der Waals surface area contributed by atoms with E-state index in [9.17, 15) is 0 Å². The minimum Gasteiger partial charge on any atom is -0.375 e. The van der Waals surface area contributed by atoms with Crippen LogP contribution in [0.5, 0.6) is 0 Å². The van der Waals surface area contributed by atoms with Crippen molar-refractivity contribution in [1.29, 1.82) is 0 Å². The van der Waals surface area contributed by atoms with Gasteiger partial charge in [0.15, 0.2) is 0 Å². The molecule has 0 unspecified atom stereocenters. The van der Waals surface area contributed by atoms with Crippen molar-refractivity contribution in [2.45, 2.75) is 76.2 Å². The van der Waals surface area contributed by atoms with E-state index >= 15 is 4.39 Å². The quantitative estimate of drug-likeness (QED) is 0.608. The molecular formula is C25H47FN4O. The molecular weight excluding hydrogens is 391 g/mol. The minimum atomic E-state index is -1.00. The second-order valence-electron chi connectivity index (χ2n) is 11.0. The fraction of sp³-hybridized carbons (Fsp3) is 1.00. The molecule has 6 heteroatoms. The van der Waals surface area contributed by atoms with Crippen molar-refractivity contribution in [3.63, 3.8) is 0 Å². The molecule has 0 spiro atoms. The zero-order chi connectivity index (χ0) is 21.7. The maximum atomic E-state index is 15.6. The number of ether oxygens (including phenoxy) is 1. The third kappa shape index (κ3) is 7.10. The standard InChI is InChI=1S/C25H47FN4O/c1-3-28-12-4-5-22(19-28)20-29-15-17-30(18-16-29)21-25(26)10-6-23(7-11-25)31-24-8-13-27(2)14-9-24/h22-24H,3-21H2,1-2H3/t22-,23?,25?/m0/s1. The van der Waals surface area contributed by atoms with E-state index in [1.807, 2.05) is 0 Å². The number of halogens is 1. The molecule has 0 radical (unpaired) electrons. The molecule has 31 heavy (non-hydrogen) atoms. The molecule has 0 aromatic carbocycles. The first kappa shape index (κ1) is 23.9. The second kappa shape index (κ2) is 11.2. The summed E-state index contributed by atoms with van der Waals surface area (Å²) in [7, 11) is 2.18. The summed E-state index contributed by atoms with van der Waals surface area (Å²) in [5.41, 5.74) is -1.00. The van der Waals surface area contributed by atoms with Crippen LogP contribution in [0.25, 0.3) is 0 Å². The van der Waals surface area contributed by atoms with Gasteiger partial charge in [0.2, 0.25) is 0 Å². The number of alkyl halides is 1. The van der Waals surface area contributed by atoms with Crippen LogP contribution in [0.15, 0.2) is 0 Å². The molecule has 1 aliphatic carbocycles. The summed E-state index contributed by atoms with van der Waals surface area (Å²) in [5.74, 6) is 0.826. The van der Waals surface area contributed by atoms with Crippen molar-refractivity contribution >= 4 is 0 Å². The first-order valence-corrected chi connectivity index (χ1v) is 13.2. The number of piperazine rings is 1. The van der Waals surface area contributed by atoms with Crippen LogP contribution in [0.4, 0.5) is 4.39 Å². The molecule has 0 N–H and O–H groups in total. The van der Waals surface area contributed by atoms with Crippen molar-refractivity contribution in [2.24, 2.45) is 5.92 Å². The van der Waals surface area contributed by atoms with Gasteiger partial charge in [-0.15, -0.1) is 0 Å². The molecule has 4 aliphatic rings. The van der Waals surface area contributed by atoms with E-state index in [-0.39, 0.29) is 6.10 Å². The topological polar surface area (TPSA) is 22.2 Å². The molecule has 0 amide bonds. The summed E-state index contributed by atoms with van der Waals surface area (Å²) < 4.78 is 21.9. The lowest BCUT2D eigenvalue weighted by Crippen LogP contribution is -2.53. The largest absolute Gasteiger partial charge is 0.375 e. The van der Waals surface area contributed by atoms with Crippen LogP contribution in [0.3, 0.4) is 0 Å². The molecule has 4 fully saturated rings. The van der Waals surface area contributed by atoms with Gasteiger partial charge in [0.05, 0.1) is 12.2 Å². The molecule has 1 saturated carbocycles. The van der Waals surface area contributed by atoms with E-state index in [0.29, 0.717) is 25.5 Å². The predicted molar refractivity (Wildman–Crippen MR) is 125 cm³/mol. The summed E-state index contributed by atoms with van der Waals surface area (Å²) in [6.45, 7) is 14.4. The number of hydrogen-bond acceptors (Lipinski definition) is 5. The predicted octanol–water partition coefficient (Wildman–Crippen LogP) is 3.10. The minimum absolute atomic E-state index is 0.285. The van der Waals surface area contributed by atoms with Crippen LogP contribution in [0.1, 0.15) is 58.3 Å². The highest BCUT2D eigenvalue weighted by Gasteiger charge is 2.38. The molecule has 3 aliphatic heterocycles. The smallest absolute Gasteiger partial charge is 0.123 e. The fourth-order valence-corrected chi connectivity index (χ4v) is 6.28. The number of likely N-dealkylation sites (tertiary alicyclic amines) is 2. The third-order valence-corrected chi connectivity index (χ3v) is 8.42. The van der Waals surface area contributed by atoms with Crippen molar-refractivity contribution in [3.8, 4) is 0 Å². The number of hydrogen-bond donors (Lipinski definition) is 0. The van der Waals surface area contributed by atoms with Crippen LogP contribution in [-0.2, 0) is 4.74 Å². The Kier molecular flexibility index (Phi) is 8.65. The van der Waals surface area contributed by atoms with E-state index < -0.39 is 5.67 Å². The molecule has 4 rings (SSSR count). The summed E-state index contributed by atoms with van der Waals surface area (Å²) in [5, 5.41) is 0. The van der Waals surface area contributed by atoms with Gasteiger partial charge in [0.25, 0.3) is 0 Å². The second-order valence-corrected chi connectivity index (χ2v) is 11.0. The summed E-state index contributed by atoms with van der Waals surface area (Å²) >= 11 is 0. The van der Waals surface area contributed by atoms with Gasteiger partial charge in [-0.2, -0.15) is 0 Å². The Labute approximate surface area is 190 Å². The van der Waals surface area contributed by atoms with Crippen molar-refractivity contribution in [2.75, 3.05) is 79.0 Å². The van der Waals surface area contributed by atoms with Gasteiger partial charge in [0, 0.05) is 58.9 Å². The monoisotopic (exact) mass is 438 g/mol. The normalized spacial score (nSPS) is 36.1. The highest BCUT2D eigenvalue weighted by atomic mass is 19.1. The lowest BCUT2D eigenvalue weighted by atomic mass is 9.84. The molecule has 0 aromatic heterocycles. The van der Waals surface area contributed by atoms with Gasteiger partial charge in [-0.25, -0.2) is 4.39 Å². The molecule has 3 saturated heterocycles. The van der Waals surface area contributed by atoms with Gasteiger partial charge >= 0.3 is 0 Å². The van der Waals surface area contributed by atoms with Gasteiger partial charge in [-0.1, -0.05) is 6.92 Å². The average molecular weight is 439 g/mol. The molecule has 3 heterocycles. The van der Waals surface area contributed by atoms with E-state index in [0.717, 1.165) is 70.9 Å². The molecule has 1 atom stereocenters. The molecule has 0 bridgehead atoms. The third-order valence-electron chi connectivity index (χ3n) is 8.42. The summed E-state index contributed by atoms with van der Waals surface area (Å²) in [4.78, 5) is 10.0. The van der Waals surface area contributed by atoms with Gasteiger partial charge in [-0.3, -0.25) is 4.90 Å². The Balaban J connectivity index is 1.13. The van der Waals surface area contributed by atoms with E-state index in [2.05, 4.69) is 33.6 Å². The van der Waals surface area contributed by atoms with Crippen LogP contribution < -0.4 is 0 Å². The van der Waals surface area contributed by atoms with E-state index in [4.69, 9.17) is 4.74 Å². The number of rotatable bonds is 7. The maximum absolute atomic E-state index is 15.6. The van der Waals surface area contributed by atoms with Crippen LogP contribution >= 0.6 is 0 Å². The number of nitrogens with zero attached hydrogens (tertiary/aromatic N) is 4. The Morgan fingerprint density at radius 3 is 2.13 bits per heavy atom. The van der Waals surface area contributed by atoms with Gasteiger partial charge < -0.3 is 19.4 Å². The van der Waals surface area contributed by atoms with Gasteiger partial charge in [0.1, 0.15) is 5.67 Å². The molecule has 0 aromatic rings. The van der Waals surface area contributed by atoms with Crippen molar-refractivity contribution in [3.05, 3.63) is 0 Å². The average Bonchev–Trinajstić information content (AvgIpc) is 2.78. The Morgan fingerprint density at radius 2 is 1.45 bits per heavy atom. The van der Waals surface area contributed by atoms with E-state index in [1.165, 1.54) is 39.0 Å². The fourth-order valence-electron chi connectivity index (χ4n) is 6.28. The van der Waals surface area contributed by atoms with Crippen LogP contribution in [0, 0.1) is 5.92 Å². The SMILES string of the molecule is CCN1CCC[C@H](CN2CCN(CC3(F)CCC(OC4CCN(C)CC4)CC3)CC2)C1. The molecule has 180 valence electrons. The highest BCUT2D eigenvalue weighted by molar-refractivity contribution is 4.91. The highest BCUT2D eigenvalue weighted by Crippen LogP contribution is 2.35. The first-order chi connectivity index (χ1) is 15.0. The Morgan fingerprint density at radius 1 is 0.806 bits per heavy atom. The summed E-state index contributed by atoms with van der Waals surface area (Å²) in [6, 6.07) is 0. The number of piperidine rings is 2. The van der Waals surface area contributed by atoms with Crippen LogP contribution in [-0.4, -0.2) is 117 Å². The zero-order valence-corrected chi connectivity index (χ0v) is 20.2. The maximum Gasteiger partial charge on any atom is 0.123 e. The lowest BCUT2D eigenvalue weighted by molar-refractivity contribution is -0.0791. The van der Waals surface area contributed by atoms with Gasteiger partial charge in [-0.05, 0) is 77.4 Å². The van der Waals surface area contributed by atoms with Crippen molar-refractivity contribution in [1.82, 2.24) is 19.6 Å². The summed E-state index contributed by atoms with van der Waals surface area (Å²) in [6.07, 6.45) is 8.85. The first-order valence-electron chi connectivity index (χ1n) is 13.2. The zero-order valence-electron chi connectivity index (χ0n) is 20.2. The Bertz CT molecular complexity index is 526.